The molecule has 2 N–H and O–H groups in total. The molecule has 0 atom stereocenters. The van der Waals surface area contributed by atoms with Gasteiger partial charge in [-0.15, -0.1) is 0 Å². The molecule has 0 amide bonds. The molecule has 0 aromatic carbocycles. The van der Waals surface area contributed by atoms with Crippen LogP contribution in [0.3, 0.4) is 0 Å². The zero-order valence-corrected chi connectivity index (χ0v) is 8.16. The Labute approximate surface area is 89.6 Å². The first kappa shape index (κ1) is 9.97. The number of imidazole rings is 1. The average molecular weight is 216 g/mol. The summed E-state index contributed by atoms with van der Waals surface area (Å²) < 4.78 is 0. The predicted molar refractivity (Wildman–Crippen MR) is 56.5 cm³/mol. The summed E-state index contributed by atoms with van der Waals surface area (Å²) in [5, 5.41) is 0. The zero-order valence-electron chi connectivity index (χ0n) is 8.16. The molecular formula is C9H8N6O. The number of rotatable bonds is 0. The highest BCUT2D eigenvalue weighted by Gasteiger charge is 1.91. The van der Waals surface area contributed by atoms with Crippen LogP contribution in [-0.2, 0) is 0 Å². The summed E-state index contributed by atoms with van der Waals surface area (Å²) in [4.78, 5) is 30.3. The largest absolute Gasteiger partial charge is 0.344 e. The zero-order chi connectivity index (χ0) is 11.2. The van der Waals surface area contributed by atoms with Gasteiger partial charge in [-0.2, -0.15) is 0 Å². The molecule has 3 aromatic heterocycles. The molecule has 16 heavy (non-hydrogen) atoms. The van der Waals surface area contributed by atoms with E-state index >= 15 is 0 Å². The van der Waals surface area contributed by atoms with Crippen molar-refractivity contribution in [2.75, 3.05) is 0 Å². The molecular weight excluding hydrogens is 208 g/mol. The van der Waals surface area contributed by atoms with Gasteiger partial charge in [-0.25, -0.2) is 24.7 Å². The maximum Gasteiger partial charge on any atom is 0.344 e. The van der Waals surface area contributed by atoms with Crippen molar-refractivity contribution in [2.24, 2.45) is 0 Å². The van der Waals surface area contributed by atoms with Gasteiger partial charge in [0.15, 0.2) is 5.65 Å². The molecule has 3 heterocycles. The fraction of sp³-hybridized carbons (Fsp3) is 0. The van der Waals surface area contributed by atoms with Crippen LogP contribution in [0.5, 0.6) is 0 Å². The van der Waals surface area contributed by atoms with E-state index in [9.17, 15) is 4.79 Å². The van der Waals surface area contributed by atoms with Gasteiger partial charge in [0.05, 0.1) is 12.5 Å². The number of aromatic nitrogens is 6. The van der Waals surface area contributed by atoms with E-state index in [1.54, 1.807) is 18.6 Å². The summed E-state index contributed by atoms with van der Waals surface area (Å²) in [7, 11) is 0. The van der Waals surface area contributed by atoms with Crippen LogP contribution < -0.4 is 5.69 Å². The lowest BCUT2D eigenvalue weighted by atomic mass is 10.6. The van der Waals surface area contributed by atoms with Gasteiger partial charge in [0.25, 0.3) is 0 Å². The third-order valence-electron chi connectivity index (χ3n) is 1.68. The molecule has 7 nitrogen and oxygen atoms in total. The van der Waals surface area contributed by atoms with Gasteiger partial charge in [0.2, 0.25) is 0 Å². The third kappa shape index (κ3) is 2.47. The van der Waals surface area contributed by atoms with Gasteiger partial charge in [-0.1, -0.05) is 0 Å². The minimum Gasteiger partial charge on any atom is -0.329 e. The first-order valence-corrected chi connectivity index (χ1v) is 4.45. The summed E-state index contributed by atoms with van der Waals surface area (Å²) in [5.74, 6) is 0. The van der Waals surface area contributed by atoms with Gasteiger partial charge in [0.1, 0.15) is 11.8 Å². The van der Waals surface area contributed by atoms with E-state index in [1.807, 2.05) is 0 Å². The summed E-state index contributed by atoms with van der Waals surface area (Å²) >= 11 is 0. The maximum atomic E-state index is 10.1. The second-order valence-corrected chi connectivity index (χ2v) is 2.75. The Morgan fingerprint density at radius 1 is 1.12 bits per heavy atom. The minimum atomic E-state index is -0.303. The topological polar surface area (TPSA) is 100 Å². The highest BCUT2D eigenvalue weighted by molar-refractivity contribution is 5.67. The number of nitrogens with one attached hydrogen (secondary N) is 2. The lowest BCUT2D eigenvalue weighted by Gasteiger charge is -1.80. The Morgan fingerprint density at radius 3 is 2.69 bits per heavy atom. The summed E-state index contributed by atoms with van der Waals surface area (Å²) in [6.07, 6.45) is 7.73. The van der Waals surface area contributed by atoms with E-state index in [1.165, 1.54) is 18.7 Å². The molecule has 0 spiro atoms. The average Bonchev–Trinajstić information content (AvgIpc) is 2.79. The highest BCUT2D eigenvalue weighted by Crippen LogP contribution is 1.99. The first-order valence-electron chi connectivity index (χ1n) is 4.45. The number of hydrogen-bond acceptors (Lipinski definition) is 5. The van der Waals surface area contributed by atoms with Crippen LogP contribution in [0.15, 0.2) is 42.1 Å². The second-order valence-electron chi connectivity index (χ2n) is 2.75. The minimum absolute atomic E-state index is 0.303. The Balaban J connectivity index is 0.000000125. The van der Waals surface area contributed by atoms with Crippen molar-refractivity contribution in [3.8, 4) is 0 Å². The van der Waals surface area contributed by atoms with E-state index < -0.39 is 0 Å². The molecule has 3 rings (SSSR count). The molecule has 0 aliphatic carbocycles. The maximum absolute atomic E-state index is 10.1. The Bertz CT molecular complexity index is 568. The van der Waals surface area contributed by atoms with Crippen LogP contribution in [0.25, 0.3) is 11.2 Å². The van der Waals surface area contributed by atoms with E-state index in [0.717, 1.165) is 11.2 Å². The molecule has 0 fully saturated rings. The molecule has 0 bridgehead atoms. The highest BCUT2D eigenvalue weighted by atomic mass is 16.1. The second kappa shape index (κ2) is 4.78. The van der Waals surface area contributed by atoms with Crippen molar-refractivity contribution in [3.05, 3.63) is 47.8 Å². The molecule has 0 saturated carbocycles. The van der Waals surface area contributed by atoms with Crippen molar-refractivity contribution in [2.45, 2.75) is 0 Å². The Kier molecular flexibility index (Phi) is 2.98. The van der Waals surface area contributed by atoms with E-state index in [2.05, 4.69) is 29.9 Å². The van der Waals surface area contributed by atoms with Crippen molar-refractivity contribution in [1.29, 1.82) is 0 Å². The van der Waals surface area contributed by atoms with Crippen molar-refractivity contribution in [1.82, 2.24) is 29.9 Å². The van der Waals surface area contributed by atoms with Crippen LogP contribution >= 0.6 is 0 Å². The normalized spacial score (nSPS) is 9.50. The number of H-pyrrole nitrogens is 2. The summed E-state index contributed by atoms with van der Waals surface area (Å²) in [5.41, 5.74) is 1.28. The van der Waals surface area contributed by atoms with Crippen molar-refractivity contribution in [3.63, 3.8) is 0 Å². The lowest BCUT2D eigenvalue weighted by Crippen LogP contribution is -2.05. The number of fused-ring (bicyclic) bond motifs is 1. The molecule has 0 saturated heterocycles. The third-order valence-corrected chi connectivity index (χ3v) is 1.68. The van der Waals surface area contributed by atoms with Gasteiger partial charge >= 0.3 is 5.69 Å². The van der Waals surface area contributed by atoms with Gasteiger partial charge in [0, 0.05) is 12.4 Å². The van der Waals surface area contributed by atoms with Crippen LogP contribution in [0.2, 0.25) is 0 Å². The number of nitrogens with zero attached hydrogens (tertiary/aromatic N) is 4. The fourth-order valence-corrected chi connectivity index (χ4v) is 1.00. The molecule has 0 aliphatic rings. The lowest BCUT2D eigenvalue weighted by molar-refractivity contribution is 1.08. The molecule has 80 valence electrons. The Hall–Kier alpha value is -2.57. The molecule has 3 aromatic rings. The predicted octanol–water partition coefficient (Wildman–Crippen LogP) is 0.123. The first-order chi connectivity index (χ1) is 7.86. The molecule has 7 heteroatoms. The van der Waals surface area contributed by atoms with E-state index in [0.29, 0.717) is 0 Å². The fourth-order valence-electron chi connectivity index (χ4n) is 1.00. The quantitative estimate of drug-likeness (QED) is 0.556. The van der Waals surface area contributed by atoms with Gasteiger partial charge in [-0.3, -0.25) is 0 Å². The van der Waals surface area contributed by atoms with Crippen LogP contribution in [0.1, 0.15) is 0 Å². The standard InChI is InChI=1S/C5H4N4.C4H4N2O/c1-4-5(8-2-6-1)9-3-7-4;7-4-5-2-1-3-6-4/h1-3H,(H,6,7,8,9);1-3H,(H,5,6,7). The van der Waals surface area contributed by atoms with Gasteiger partial charge in [-0.05, 0) is 6.07 Å². The molecule has 0 unspecified atom stereocenters. The summed E-state index contributed by atoms with van der Waals surface area (Å²) in [6, 6.07) is 1.65. The monoisotopic (exact) mass is 216 g/mol. The van der Waals surface area contributed by atoms with Crippen molar-refractivity contribution < 1.29 is 0 Å². The summed E-state index contributed by atoms with van der Waals surface area (Å²) in [6.45, 7) is 0. The number of hydrogen-bond donors (Lipinski definition) is 2. The Morgan fingerprint density at radius 2 is 2.06 bits per heavy atom. The number of aromatic amines is 2. The van der Waals surface area contributed by atoms with Crippen LogP contribution in [-0.4, -0.2) is 29.9 Å². The molecule has 0 aliphatic heterocycles. The molecule has 0 radical (unpaired) electrons. The smallest absolute Gasteiger partial charge is 0.329 e. The van der Waals surface area contributed by atoms with Crippen LogP contribution in [0.4, 0.5) is 0 Å². The van der Waals surface area contributed by atoms with E-state index in [-0.39, 0.29) is 5.69 Å². The van der Waals surface area contributed by atoms with Crippen LogP contribution in [0, 0.1) is 0 Å². The van der Waals surface area contributed by atoms with Gasteiger partial charge < -0.3 is 9.97 Å². The SMILES string of the molecule is O=c1nccc[nH]1.c1ncc2nc[nH]c2n1. The van der Waals surface area contributed by atoms with E-state index in [4.69, 9.17) is 0 Å². The van der Waals surface area contributed by atoms with Crippen molar-refractivity contribution >= 4 is 11.2 Å².